The maximum atomic E-state index is 5.59. The van der Waals surface area contributed by atoms with Gasteiger partial charge in [0.1, 0.15) is 0 Å². The Labute approximate surface area is 164 Å². The number of methoxy groups -OCH3 is 1. The number of nitrogens with zero attached hydrogens (tertiary/aromatic N) is 2. The fraction of sp³-hybridized carbons (Fsp3) is 0.667. The highest BCUT2D eigenvalue weighted by atomic mass is 16.5. The van der Waals surface area contributed by atoms with Crippen molar-refractivity contribution in [2.24, 2.45) is 10.9 Å². The zero-order valence-electron chi connectivity index (χ0n) is 17.5. The van der Waals surface area contributed by atoms with Crippen LogP contribution in [0.1, 0.15) is 40.5 Å². The van der Waals surface area contributed by atoms with Gasteiger partial charge < -0.3 is 25.0 Å². The molecular weight excluding hydrogens is 340 g/mol. The molecule has 1 aromatic rings. The Morgan fingerprint density at radius 1 is 1.30 bits per heavy atom. The van der Waals surface area contributed by atoms with Crippen LogP contribution in [-0.2, 0) is 0 Å². The summed E-state index contributed by atoms with van der Waals surface area (Å²) >= 11 is 0. The van der Waals surface area contributed by atoms with Crippen molar-refractivity contribution in [2.45, 2.75) is 46.6 Å². The third-order valence-corrected chi connectivity index (χ3v) is 4.86. The van der Waals surface area contributed by atoms with Crippen molar-refractivity contribution in [3.63, 3.8) is 0 Å². The normalized spacial score (nSPS) is 18.4. The van der Waals surface area contributed by atoms with Crippen LogP contribution in [0.3, 0.4) is 0 Å². The van der Waals surface area contributed by atoms with E-state index in [4.69, 9.17) is 14.5 Å². The molecule has 1 atom stereocenters. The number of nitrogens with one attached hydrogen (secondary N) is 2. The second-order valence-electron chi connectivity index (χ2n) is 7.24. The van der Waals surface area contributed by atoms with Crippen molar-refractivity contribution in [2.75, 3.05) is 45.2 Å². The molecule has 1 aliphatic heterocycles. The lowest BCUT2D eigenvalue weighted by atomic mass is 9.97. The highest BCUT2D eigenvalue weighted by molar-refractivity contribution is 5.93. The van der Waals surface area contributed by atoms with Gasteiger partial charge in [0.2, 0.25) is 0 Å². The second kappa shape index (κ2) is 11.0. The Balaban J connectivity index is 2.03. The molecule has 0 saturated carbocycles. The number of benzene rings is 1. The molecule has 0 spiro atoms. The van der Waals surface area contributed by atoms with E-state index in [0.717, 1.165) is 42.8 Å². The fourth-order valence-electron chi connectivity index (χ4n) is 3.40. The van der Waals surface area contributed by atoms with Gasteiger partial charge in [-0.25, -0.2) is 0 Å². The molecule has 1 aliphatic rings. The van der Waals surface area contributed by atoms with Crippen LogP contribution < -0.4 is 20.1 Å². The standard InChI is InChI=1S/C21H36N4O2/c1-6-22-21(23-14-17-9-8-12-25(15-17)16(3)4)24-18-10-11-19(27-7-2)20(13-18)26-5/h10-11,13,16-17H,6-9,12,14-15H2,1-5H3,(H2,22,23,24). The van der Waals surface area contributed by atoms with E-state index in [9.17, 15) is 0 Å². The number of hydrogen-bond donors (Lipinski definition) is 2. The van der Waals surface area contributed by atoms with E-state index in [-0.39, 0.29) is 0 Å². The Hall–Kier alpha value is -1.95. The molecule has 6 nitrogen and oxygen atoms in total. The van der Waals surface area contributed by atoms with Gasteiger partial charge in [-0.15, -0.1) is 0 Å². The quantitative estimate of drug-likeness (QED) is 0.536. The van der Waals surface area contributed by atoms with Gasteiger partial charge in [-0.2, -0.15) is 0 Å². The molecule has 6 heteroatoms. The summed E-state index contributed by atoms with van der Waals surface area (Å²) in [4.78, 5) is 7.39. The lowest BCUT2D eigenvalue weighted by Gasteiger charge is -2.34. The van der Waals surface area contributed by atoms with Gasteiger partial charge in [0.15, 0.2) is 17.5 Å². The maximum absolute atomic E-state index is 5.59. The van der Waals surface area contributed by atoms with Gasteiger partial charge in [-0.1, -0.05) is 0 Å². The van der Waals surface area contributed by atoms with E-state index in [2.05, 4.69) is 36.3 Å². The third kappa shape index (κ3) is 6.61. The lowest BCUT2D eigenvalue weighted by Crippen LogP contribution is -2.41. The van der Waals surface area contributed by atoms with E-state index in [1.165, 1.54) is 19.4 Å². The van der Waals surface area contributed by atoms with Crippen molar-refractivity contribution < 1.29 is 9.47 Å². The van der Waals surface area contributed by atoms with E-state index >= 15 is 0 Å². The Morgan fingerprint density at radius 3 is 2.78 bits per heavy atom. The minimum Gasteiger partial charge on any atom is -0.493 e. The average Bonchev–Trinajstić information content (AvgIpc) is 2.67. The summed E-state index contributed by atoms with van der Waals surface area (Å²) in [5.41, 5.74) is 0.933. The second-order valence-corrected chi connectivity index (χ2v) is 7.24. The van der Waals surface area contributed by atoms with Crippen LogP contribution in [0.25, 0.3) is 0 Å². The molecule has 2 rings (SSSR count). The molecule has 1 aromatic carbocycles. The summed E-state index contributed by atoms with van der Waals surface area (Å²) in [6, 6.07) is 6.47. The number of hydrogen-bond acceptors (Lipinski definition) is 4. The van der Waals surface area contributed by atoms with Crippen molar-refractivity contribution in [1.29, 1.82) is 0 Å². The molecule has 0 aliphatic carbocycles. The summed E-state index contributed by atoms with van der Waals surface area (Å²) in [7, 11) is 1.66. The largest absolute Gasteiger partial charge is 0.493 e. The zero-order chi connectivity index (χ0) is 19.6. The first-order valence-electron chi connectivity index (χ1n) is 10.2. The van der Waals surface area contributed by atoms with Crippen molar-refractivity contribution in [3.8, 4) is 11.5 Å². The summed E-state index contributed by atoms with van der Waals surface area (Å²) < 4.78 is 11.0. The molecule has 1 saturated heterocycles. The fourth-order valence-corrected chi connectivity index (χ4v) is 3.40. The van der Waals surface area contributed by atoms with E-state index < -0.39 is 0 Å². The highest BCUT2D eigenvalue weighted by Gasteiger charge is 2.21. The number of anilines is 1. The first-order chi connectivity index (χ1) is 13.1. The molecule has 0 bridgehead atoms. The molecule has 1 unspecified atom stereocenters. The van der Waals surface area contributed by atoms with E-state index in [1.807, 2.05) is 25.1 Å². The minimum absolute atomic E-state index is 0.611. The molecule has 0 aromatic heterocycles. The van der Waals surface area contributed by atoms with Gasteiger partial charge in [-0.05, 0) is 65.1 Å². The third-order valence-electron chi connectivity index (χ3n) is 4.86. The van der Waals surface area contributed by atoms with Gasteiger partial charge in [0.05, 0.1) is 13.7 Å². The predicted octanol–water partition coefficient (Wildman–Crippen LogP) is 3.59. The van der Waals surface area contributed by atoms with Crippen molar-refractivity contribution >= 4 is 11.6 Å². The van der Waals surface area contributed by atoms with Crippen molar-refractivity contribution in [1.82, 2.24) is 10.2 Å². The molecular formula is C21H36N4O2. The maximum Gasteiger partial charge on any atom is 0.195 e. The summed E-state index contributed by atoms with van der Waals surface area (Å²) in [5, 5.41) is 6.72. The predicted molar refractivity (Wildman–Crippen MR) is 113 cm³/mol. The summed E-state index contributed by atoms with van der Waals surface area (Å²) in [5.74, 6) is 2.90. The minimum atomic E-state index is 0.611. The summed E-state index contributed by atoms with van der Waals surface area (Å²) in [6.45, 7) is 13.2. The highest BCUT2D eigenvalue weighted by Crippen LogP contribution is 2.30. The smallest absolute Gasteiger partial charge is 0.195 e. The number of rotatable bonds is 8. The number of guanidine groups is 1. The molecule has 0 radical (unpaired) electrons. The number of aliphatic imine (C=N–C) groups is 1. The molecule has 152 valence electrons. The molecule has 27 heavy (non-hydrogen) atoms. The van der Waals surface area contributed by atoms with Crippen LogP contribution in [-0.4, -0.2) is 56.8 Å². The number of ether oxygens (including phenoxy) is 2. The van der Waals surface area contributed by atoms with Crippen LogP contribution in [0.4, 0.5) is 5.69 Å². The number of likely N-dealkylation sites (tertiary alicyclic amines) is 1. The van der Waals surface area contributed by atoms with Crippen LogP contribution in [0.15, 0.2) is 23.2 Å². The topological polar surface area (TPSA) is 58.1 Å². The SMILES string of the molecule is CCNC(=NCC1CCCN(C(C)C)C1)Nc1ccc(OCC)c(OC)c1. The van der Waals surface area contributed by atoms with Gasteiger partial charge in [0.25, 0.3) is 0 Å². The first-order valence-corrected chi connectivity index (χ1v) is 10.2. The number of piperidine rings is 1. The van der Waals surface area contributed by atoms with Crippen molar-refractivity contribution in [3.05, 3.63) is 18.2 Å². The molecule has 1 heterocycles. The van der Waals surface area contributed by atoms with Gasteiger partial charge in [-0.3, -0.25) is 4.99 Å². The Bertz CT molecular complexity index is 604. The van der Waals surface area contributed by atoms with E-state index in [0.29, 0.717) is 18.6 Å². The van der Waals surface area contributed by atoms with Crippen LogP contribution in [0.5, 0.6) is 11.5 Å². The zero-order valence-corrected chi connectivity index (χ0v) is 17.5. The lowest BCUT2D eigenvalue weighted by molar-refractivity contribution is 0.143. The molecule has 1 fully saturated rings. The van der Waals surface area contributed by atoms with Crippen LogP contribution >= 0.6 is 0 Å². The van der Waals surface area contributed by atoms with Gasteiger partial charge in [0, 0.05) is 37.4 Å². The Kier molecular flexibility index (Phi) is 8.72. The average molecular weight is 377 g/mol. The van der Waals surface area contributed by atoms with Crippen LogP contribution in [0, 0.1) is 5.92 Å². The Morgan fingerprint density at radius 2 is 2.11 bits per heavy atom. The van der Waals surface area contributed by atoms with Crippen LogP contribution in [0.2, 0.25) is 0 Å². The first kappa shape index (κ1) is 21.4. The monoisotopic (exact) mass is 376 g/mol. The van der Waals surface area contributed by atoms with Gasteiger partial charge >= 0.3 is 0 Å². The molecule has 0 amide bonds. The van der Waals surface area contributed by atoms with E-state index in [1.54, 1.807) is 7.11 Å². The summed E-state index contributed by atoms with van der Waals surface area (Å²) in [6.07, 6.45) is 2.52. The molecule has 2 N–H and O–H groups in total.